The molecule has 3 unspecified atom stereocenters. The number of piperidine rings is 1. The molecule has 4 rings (SSSR count). The number of thiocarbonyl (C=S) groups is 1. The van der Waals surface area contributed by atoms with Crippen LogP contribution >= 0.6 is 35.6 Å². The molecule has 29 heavy (non-hydrogen) atoms. The number of thioether (sulfide) groups is 1. The summed E-state index contributed by atoms with van der Waals surface area (Å²) in [6.07, 6.45) is 1.08. The molecule has 0 saturated carbocycles. The normalized spacial score (nSPS) is 21.2. The number of hydrogen-bond donors (Lipinski definition) is 1. The number of benzene rings is 1. The Bertz CT molecular complexity index is 1010. The average Bonchev–Trinajstić information content (AvgIpc) is 2.70. The molecule has 2 aliphatic heterocycles. The van der Waals surface area contributed by atoms with E-state index in [-0.39, 0.29) is 16.7 Å². The molecular formula is C21H22ClN3O2S2. The van der Waals surface area contributed by atoms with Gasteiger partial charge in [-0.2, -0.15) is 0 Å². The molecule has 0 radical (unpaired) electrons. The van der Waals surface area contributed by atoms with Crippen LogP contribution in [0.5, 0.6) is 0 Å². The summed E-state index contributed by atoms with van der Waals surface area (Å²) in [7, 11) is 0. The molecule has 0 spiro atoms. The van der Waals surface area contributed by atoms with Crippen molar-refractivity contribution in [1.29, 1.82) is 0 Å². The fourth-order valence-corrected chi connectivity index (χ4v) is 5.65. The number of aromatic nitrogens is 1. The topological polar surface area (TPSA) is 54.3 Å². The predicted molar refractivity (Wildman–Crippen MR) is 123 cm³/mol. The second-order valence-corrected chi connectivity index (χ2v) is 9.98. The number of carbonyl (C=O) groups is 1. The molecule has 0 aliphatic carbocycles. The van der Waals surface area contributed by atoms with Crippen LogP contribution in [0.25, 0.3) is 0 Å². The molecule has 152 valence electrons. The van der Waals surface area contributed by atoms with Crippen LogP contribution in [0, 0.1) is 5.92 Å². The van der Waals surface area contributed by atoms with Crippen LogP contribution in [0.15, 0.2) is 47.3 Å². The van der Waals surface area contributed by atoms with E-state index in [9.17, 15) is 9.59 Å². The Labute approximate surface area is 184 Å². The Kier molecular flexibility index (Phi) is 5.99. The van der Waals surface area contributed by atoms with Crippen LogP contribution in [-0.2, 0) is 11.3 Å². The lowest BCUT2D eigenvalue weighted by Crippen LogP contribution is -2.48. The van der Waals surface area contributed by atoms with Crippen molar-refractivity contribution in [2.24, 2.45) is 5.92 Å². The van der Waals surface area contributed by atoms with E-state index in [4.69, 9.17) is 23.8 Å². The second-order valence-electron chi connectivity index (χ2n) is 7.60. The van der Waals surface area contributed by atoms with E-state index in [2.05, 4.69) is 10.2 Å². The number of carbonyl (C=O) groups excluding carboxylic acids is 1. The van der Waals surface area contributed by atoms with E-state index in [1.54, 1.807) is 18.2 Å². The molecule has 2 aliphatic rings. The molecule has 3 heterocycles. The first-order chi connectivity index (χ1) is 13.9. The lowest BCUT2D eigenvalue weighted by atomic mass is 9.83. The van der Waals surface area contributed by atoms with E-state index in [1.165, 1.54) is 11.8 Å². The third kappa shape index (κ3) is 4.37. The third-order valence-electron chi connectivity index (χ3n) is 5.52. The van der Waals surface area contributed by atoms with Crippen molar-refractivity contribution in [2.75, 3.05) is 18.4 Å². The van der Waals surface area contributed by atoms with Gasteiger partial charge in [0.1, 0.15) is 4.32 Å². The Morgan fingerprint density at radius 2 is 2.00 bits per heavy atom. The average molecular weight is 448 g/mol. The van der Waals surface area contributed by atoms with E-state index in [1.807, 2.05) is 35.8 Å². The maximum atomic E-state index is 12.6. The number of fused-ring (bicyclic) bond motifs is 4. The van der Waals surface area contributed by atoms with E-state index in [0.29, 0.717) is 22.5 Å². The molecule has 1 aromatic carbocycles. The quantitative estimate of drug-likeness (QED) is 0.721. The van der Waals surface area contributed by atoms with Gasteiger partial charge in [-0.05, 0) is 37.5 Å². The van der Waals surface area contributed by atoms with Crippen LogP contribution < -0.4 is 10.9 Å². The lowest BCUT2D eigenvalue weighted by Gasteiger charge is -2.43. The van der Waals surface area contributed by atoms with Crippen LogP contribution in [0.1, 0.15) is 25.0 Å². The summed E-state index contributed by atoms with van der Waals surface area (Å²) >= 11 is 13.2. The number of pyridine rings is 1. The molecule has 5 nitrogen and oxygen atoms in total. The maximum Gasteiger partial charge on any atom is 0.250 e. The zero-order chi connectivity index (χ0) is 20.5. The van der Waals surface area contributed by atoms with Gasteiger partial charge in [-0.1, -0.05) is 53.8 Å². The summed E-state index contributed by atoms with van der Waals surface area (Å²) < 4.78 is 2.64. The van der Waals surface area contributed by atoms with Gasteiger partial charge in [0.25, 0.3) is 5.56 Å². The van der Waals surface area contributed by atoms with Gasteiger partial charge in [0.05, 0.1) is 16.0 Å². The Balaban J connectivity index is 1.40. The minimum absolute atomic E-state index is 0.0764. The van der Waals surface area contributed by atoms with Crippen molar-refractivity contribution in [1.82, 2.24) is 9.47 Å². The van der Waals surface area contributed by atoms with Crippen molar-refractivity contribution in [3.8, 4) is 0 Å². The highest BCUT2D eigenvalue weighted by atomic mass is 35.5. The summed E-state index contributed by atoms with van der Waals surface area (Å²) in [4.78, 5) is 26.9. The van der Waals surface area contributed by atoms with Crippen molar-refractivity contribution in [2.45, 2.75) is 31.1 Å². The molecule has 3 atom stereocenters. The first-order valence-corrected chi connectivity index (χ1v) is 11.3. The smallest absolute Gasteiger partial charge is 0.250 e. The Morgan fingerprint density at radius 3 is 2.79 bits per heavy atom. The van der Waals surface area contributed by atoms with E-state index in [0.717, 1.165) is 36.1 Å². The van der Waals surface area contributed by atoms with Crippen molar-refractivity contribution >= 4 is 51.5 Å². The van der Waals surface area contributed by atoms with Crippen molar-refractivity contribution in [3.63, 3.8) is 0 Å². The van der Waals surface area contributed by atoms with Crippen LogP contribution in [-0.4, -0.2) is 38.0 Å². The maximum absolute atomic E-state index is 12.6. The van der Waals surface area contributed by atoms with Gasteiger partial charge in [-0.25, -0.2) is 0 Å². The van der Waals surface area contributed by atoms with Crippen molar-refractivity contribution < 1.29 is 4.79 Å². The zero-order valence-corrected chi connectivity index (χ0v) is 18.4. The first-order valence-electron chi connectivity index (χ1n) is 9.63. The fraction of sp³-hybridized carbons (Fsp3) is 0.381. The minimum atomic E-state index is -0.338. The summed E-state index contributed by atoms with van der Waals surface area (Å²) in [5, 5.41) is 3.04. The number of rotatable bonds is 3. The number of hydrogen-bond acceptors (Lipinski definition) is 4. The van der Waals surface area contributed by atoms with Gasteiger partial charge in [-0.15, -0.1) is 0 Å². The van der Waals surface area contributed by atoms with Crippen LogP contribution in [0.3, 0.4) is 0 Å². The Hall–Kier alpha value is -1.83. The van der Waals surface area contributed by atoms with Gasteiger partial charge < -0.3 is 14.8 Å². The molecule has 1 fully saturated rings. The number of para-hydroxylation sites is 1. The zero-order valence-electron chi connectivity index (χ0n) is 16.0. The summed E-state index contributed by atoms with van der Waals surface area (Å²) in [6, 6.07) is 12.7. The fourth-order valence-electron chi connectivity index (χ4n) is 4.12. The number of nitrogens with one attached hydrogen (secondary N) is 1. The highest BCUT2D eigenvalue weighted by molar-refractivity contribution is 8.23. The van der Waals surface area contributed by atoms with Gasteiger partial charge in [0, 0.05) is 37.3 Å². The van der Waals surface area contributed by atoms with Gasteiger partial charge in [-0.3, -0.25) is 9.59 Å². The summed E-state index contributed by atoms with van der Waals surface area (Å²) in [5.74, 6) is 0.564. The second kappa shape index (κ2) is 8.50. The highest BCUT2D eigenvalue weighted by Gasteiger charge is 2.35. The third-order valence-corrected chi connectivity index (χ3v) is 7.42. The number of nitrogens with zero attached hydrogens (tertiary/aromatic N) is 2. The van der Waals surface area contributed by atoms with E-state index >= 15 is 0 Å². The standard InChI is InChI=1S/C21H22ClN3O2S2/c1-13(20(27)23-17-6-3-2-5-16(17)22)29-21(28)24-10-14-9-15(12-24)18-7-4-8-19(26)25(18)11-14/h2-8,13-15H,9-12H2,1H3,(H,23,27). The first kappa shape index (κ1) is 20.4. The molecule has 1 aromatic heterocycles. The molecule has 2 bridgehead atoms. The van der Waals surface area contributed by atoms with Crippen LogP contribution in [0.2, 0.25) is 5.02 Å². The largest absolute Gasteiger partial charge is 0.356 e. The number of likely N-dealkylation sites (tertiary alicyclic amines) is 1. The minimum Gasteiger partial charge on any atom is -0.356 e. The number of halogens is 1. The van der Waals surface area contributed by atoms with Gasteiger partial charge in [0.2, 0.25) is 5.91 Å². The van der Waals surface area contributed by atoms with Gasteiger partial charge >= 0.3 is 0 Å². The molecule has 1 amide bonds. The molecule has 2 aromatic rings. The van der Waals surface area contributed by atoms with Gasteiger partial charge in [0.15, 0.2) is 0 Å². The highest BCUT2D eigenvalue weighted by Crippen LogP contribution is 2.36. The SMILES string of the molecule is CC(SC(=S)N1CC2CC(C1)c1cccc(=O)n1C2)C(=O)Nc1ccccc1Cl. The molecular weight excluding hydrogens is 426 g/mol. The predicted octanol–water partition coefficient (Wildman–Crippen LogP) is 3.97. The number of anilines is 1. The summed E-state index contributed by atoms with van der Waals surface area (Å²) in [6.45, 7) is 4.19. The summed E-state index contributed by atoms with van der Waals surface area (Å²) in [5.41, 5.74) is 1.77. The van der Waals surface area contributed by atoms with Crippen molar-refractivity contribution in [3.05, 3.63) is 63.5 Å². The number of amides is 1. The Morgan fingerprint density at radius 1 is 1.21 bits per heavy atom. The monoisotopic (exact) mass is 447 g/mol. The molecule has 8 heteroatoms. The van der Waals surface area contributed by atoms with Crippen LogP contribution in [0.4, 0.5) is 5.69 Å². The molecule has 1 N–H and O–H groups in total. The lowest BCUT2D eigenvalue weighted by molar-refractivity contribution is -0.115. The van der Waals surface area contributed by atoms with E-state index < -0.39 is 0 Å². The molecule has 1 saturated heterocycles.